The minimum Gasteiger partial charge on any atom is -0.497 e. The van der Waals surface area contributed by atoms with E-state index in [0.717, 1.165) is 39.0 Å². The van der Waals surface area contributed by atoms with Crippen molar-refractivity contribution >= 4 is 22.7 Å². The van der Waals surface area contributed by atoms with E-state index in [1.54, 1.807) is 38.2 Å². The highest BCUT2D eigenvalue weighted by atomic mass is 16.5. The molecule has 1 unspecified atom stereocenters. The lowest BCUT2D eigenvalue weighted by atomic mass is 9.86. The molecule has 4 aromatic rings. The summed E-state index contributed by atoms with van der Waals surface area (Å²) in [5.41, 5.74) is 4.57. The van der Waals surface area contributed by atoms with Crippen LogP contribution in [0.25, 0.3) is 10.9 Å². The minimum absolute atomic E-state index is 0.0160. The van der Waals surface area contributed by atoms with Crippen LogP contribution in [0, 0.1) is 0 Å². The number of aromatic amines is 1. The zero-order valence-corrected chi connectivity index (χ0v) is 22.9. The van der Waals surface area contributed by atoms with Crippen molar-refractivity contribution in [2.75, 3.05) is 35.0 Å². The van der Waals surface area contributed by atoms with E-state index in [2.05, 4.69) is 11.1 Å². The van der Waals surface area contributed by atoms with Gasteiger partial charge in [0.2, 0.25) is 17.6 Å². The standard InChI is InChI=1S/C31H31N3O6/c1-37-20-11-9-18(10-12-20)16-33-17-27(35)34-24(31(33)36)15-22-21-7-5-6-8-23(21)32-28(22)29(34)19-13-25(38-2)30(40-4)26(14-19)39-3/h5-14,24,29,32H,15-17H2,1-4H3/t24-,29?/m1/s1. The van der Waals surface area contributed by atoms with Gasteiger partial charge in [0.1, 0.15) is 18.3 Å². The number of piperazine rings is 1. The van der Waals surface area contributed by atoms with Crippen molar-refractivity contribution in [2.45, 2.75) is 25.0 Å². The summed E-state index contributed by atoms with van der Waals surface area (Å²) >= 11 is 0. The molecule has 40 heavy (non-hydrogen) atoms. The maximum absolute atomic E-state index is 14.1. The van der Waals surface area contributed by atoms with Crippen LogP contribution in [0.1, 0.15) is 28.4 Å². The second kappa shape index (κ2) is 10.1. The summed E-state index contributed by atoms with van der Waals surface area (Å²) in [5.74, 6) is 1.96. The maximum atomic E-state index is 14.1. The van der Waals surface area contributed by atoms with Crippen LogP contribution in [-0.4, -0.2) is 67.6 Å². The summed E-state index contributed by atoms with van der Waals surface area (Å²) < 4.78 is 22.1. The Morgan fingerprint density at radius 2 is 1.57 bits per heavy atom. The van der Waals surface area contributed by atoms with E-state index in [-0.39, 0.29) is 18.4 Å². The molecule has 0 radical (unpaired) electrons. The maximum Gasteiger partial charge on any atom is 0.246 e. The Hall–Kier alpha value is -4.66. The fourth-order valence-electron chi connectivity index (χ4n) is 6.01. The Balaban J connectivity index is 1.46. The van der Waals surface area contributed by atoms with Crippen LogP contribution in [0.2, 0.25) is 0 Å². The first-order valence-corrected chi connectivity index (χ1v) is 13.1. The van der Waals surface area contributed by atoms with Gasteiger partial charge in [-0.25, -0.2) is 0 Å². The number of nitrogens with zero attached hydrogens (tertiary/aromatic N) is 2. The number of carbonyl (C=O) groups excluding carboxylic acids is 2. The highest BCUT2D eigenvalue weighted by Crippen LogP contribution is 2.47. The summed E-state index contributed by atoms with van der Waals surface area (Å²) in [6.07, 6.45) is 0.421. The first-order valence-electron chi connectivity index (χ1n) is 13.1. The van der Waals surface area contributed by atoms with Crippen molar-refractivity contribution in [1.82, 2.24) is 14.8 Å². The van der Waals surface area contributed by atoms with Gasteiger partial charge in [-0.3, -0.25) is 9.59 Å². The first-order chi connectivity index (χ1) is 19.5. The smallest absolute Gasteiger partial charge is 0.246 e. The molecule has 1 aromatic heterocycles. The molecule has 9 nitrogen and oxygen atoms in total. The van der Waals surface area contributed by atoms with Crippen LogP contribution in [0.4, 0.5) is 0 Å². The number of amides is 2. The Kier molecular flexibility index (Phi) is 6.50. The molecule has 0 bridgehead atoms. The number of H-pyrrole nitrogens is 1. The largest absolute Gasteiger partial charge is 0.497 e. The zero-order valence-electron chi connectivity index (χ0n) is 22.9. The highest BCUT2D eigenvalue weighted by Gasteiger charge is 2.48. The first kappa shape index (κ1) is 25.6. The van der Waals surface area contributed by atoms with Crippen molar-refractivity contribution in [3.8, 4) is 23.0 Å². The molecule has 206 valence electrons. The van der Waals surface area contributed by atoms with E-state index in [9.17, 15) is 9.59 Å². The monoisotopic (exact) mass is 541 g/mol. The normalized spacial score (nSPS) is 18.4. The molecule has 0 saturated carbocycles. The molecule has 3 heterocycles. The summed E-state index contributed by atoms with van der Waals surface area (Å²) in [7, 11) is 6.29. The number of ether oxygens (including phenoxy) is 4. The fourth-order valence-corrected chi connectivity index (χ4v) is 6.01. The molecule has 2 aliphatic heterocycles. The number of hydrogen-bond donors (Lipinski definition) is 1. The lowest BCUT2D eigenvalue weighted by molar-refractivity contribution is -0.159. The van der Waals surface area contributed by atoms with Crippen molar-refractivity contribution in [3.05, 3.63) is 83.0 Å². The van der Waals surface area contributed by atoms with Gasteiger partial charge in [0.25, 0.3) is 0 Å². The molecule has 2 aliphatic rings. The van der Waals surface area contributed by atoms with Crippen molar-refractivity contribution in [2.24, 2.45) is 0 Å². The average molecular weight is 542 g/mol. The molecule has 1 fully saturated rings. The number of carbonyl (C=O) groups is 2. The predicted octanol–water partition coefficient (Wildman–Crippen LogP) is 4.09. The van der Waals surface area contributed by atoms with Crippen LogP contribution in [-0.2, 0) is 22.6 Å². The third kappa shape index (κ3) is 4.09. The predicted molar refractivity (Wildman–Crippen MR) is 149 cm³/mol. The molecule has 9 heteroatoms. The number of rotatable bonds is 7. The van der Waals surface area contributed by atoms with Crippen molar-refractivity contribution < 1.29 is 28.5 Å². The van der Waals surface area contributed by atoms with Gasteiger partial charge in [-0.2, -0.15) is 0 Å². The van der Waals surface area contributed by atoms with Gasteiger partial charge in [0.05, 0.1) is 34.5 Å². The van der Waals surface area contributed by atoms with Gasteiger partial charge in [-0.15, -0.1) is 0 Å². The van der Waals surface area contributed by atoms with Crippen LogP contribution in [0.15, 0.2) is 60.7 Å². The van der Waals surface area contributed by atoms with Crippen LogP contribution in [0.5, 0.6) is 23.0 Å². The van der Waals surface area contributed by atoms with Crippen LogP contribution in [0.3, 0.4) is 0 Å². The van der Waals surface area contributed by atoms with Gasteiger partial charge < -0.3 is 33.7 Å². The number of fused-ring (bicyclic) bond motifs is 4. The Morgan fingerprint density at radius 3 is 2.23 bits per heavy atom. The Morgan fingerprint density at radius 1 is 0.875 bits per heavy atom. The van der Waals surface area contributed by atoms with Crippen LogP contribution >= 0.6 is 0 Å². The molecule has 1 saturated heterocycles. The summed E-state index contributed by atoms with van der Waals surface area (Å²) in [5, 5.41) is 1.04. The van der Waals surface area contributed by atoms with E-state index >= 15 is 0 Å². The average Bonchev–Trinajstić information content (AvgIpc) is 3.36. The molecule has 2 amide bonds. The molecular formula is C31H31N3O6. The number of nitrogens with one attached hydrogen (secondary N) is 1. The fraction of sp³-hybridized carbons (Fsp3) is 0.290. The molecule has 1 N–H and O–H groups in total. The molecule has 0 aliphatic carbocycles. The SMILES string of the molecule is COc1ccc(CN2CC(=O)N3C(c4cc(OC)c(OC)c(OC)c4)c4[nH]c5ccccc5c4C[C@@H]3C2=O)cc1. The van der Waals surface area contributed by atoms with Gasteiger partial charge >= 0.3 is 0 Å². The lowest BCUT2D eigenvalue weighted by Gasteiger charge is -2.47. The van der Waals surface area contributed by atoms with E-state index in [0.29, 0.717) is 30.2 Å². The minimum atomic E-state index is -0.657. The Bertz CT molecular complexity index is 1570. The molecule has 3 aromatic carbocycles. The number of para-hydroxylation sites is 1. The van der Waals surface area contributed by atoms with Gasteiger partial charge in [-0.05, 0) is 47.0 Å². The summed E-state index contributed by atoms with van der Waals surface area (Å²) in [6.45, 7) is 0.326. The third-order valence-electron chi connectivity index (χ3n) is 7.88. The molecule has 0 spiro atoms. The van der Waals surface area contributed by atoms with Gasteiger partial charge in [0.15, 0.2) is 11.5 Å². The number of hydrogen-bond acceptors (Lipinski definition) is 6. The number of methoxy groups -OCH3 is 4. The second-order valence-corrected chi connectivity index (χ2v) is 9.99. The summed E-state index contributed by atoms with van der Waals surface area (Å²) in [6, 6.07) is 18.1. The quantitative estimate of drug-likeness (QED) is 0.379. The van der Waals surface area contributed by atoms with Crippen LogP contribution < -0.4 is 18.9 Å². The topological polar surface area (TPSA) is 93.3 Å². The van der Waals surface area contributed by atoms with Crippen molar-refractivity contribution in [1.29, 1.82) is 0 Å². The van der Waals surface area contributed by atoms with E-state index < -0.39 is 12.1 Å². The molecule has 2 atom stereocenters. The van der Waals surface area contributed by atoms with E-state index in [1.165, 1.54) is 0 Å². The Labute approximate surface area is 232 Å². The molecular weight excluding hydrogens is 510 g/mol. The third-order valence-corrected chi connectivity index (χ3v) is 7.88. The summed E-state index contributed by atoms with van der Waals surface area (Å²) in [4.78, 5) is 34.9. The molecule has 6 rings (SSSR count). The highest BCUT2D eigenvalue weighted by molar-refractivity contribution is 5.97. The lowest BCUT2D eigenvalue weighted by Crippen LogP contribution is -2.62. The van der Waals surface area contributed by atoms with E-state index in [4.69, 9.17) is 18.9 Å². The zero-order chi connectivity index (χ0) is 28.0. The van der Waals surface area contributed by atoms with E-state index in [1.807, 2.05) is 54.6 Å². The van der Waals surface area contributed by atoms with Gasteiger partial charge in [0, 0.05) is 29.6 Å². The number of benzene rings is 3. The number of aromatic nitrogens is 1. The second-order valence-electron chi connectivity index (χ2n) is 9.99. The van der Waals surface area contributed by atoms with Crippen molar-refractivity contribution in [3.63, 3.8) is 0 Å². The van der Waals surface area contributed by atoms with Gasteiger partial charge in [-0.1, -0.05) is 30.3 Å².